The molecule has 0 atom stereocenters. The van der Waals surface area contributed by atoms with E-state index in [2.05, 4.69) is 0 Å². The Bertz CT molecular complexity index is 309. The molecule has 0 aromatic heterocycles. The molecular weight excluding hydrogens is 312 g/mol. The van der Waals surface area contributed by atoms with Gasteiger partial charge in [-0.2, -0.15) is 13.2 Å². The molecule has 0 unspecified atom stereocenters. The van der Waals surface area contributed by atoms with E-state index < -0.39 is 5.51 Å². The Balaban J connectivity index is 2.94. The van der Waals surface area contributed by atoms with Gasteiger partial charge in [-0.05, 0) is 59.0 Å². The fourth-order valence-corrected chi connectivity index (χ4v) is 2.14. The van der Waals surface area contributed by atoms with Crippen LogP contribution >= 0.6 is 34.4 Å². The summed E-state index contributed by atoms with van der Waals surface area (Å²) < 4.78 is 36.7. The van der Waals surface area contributed by atoms with Gasteiger partial charge in [-0.3, -0.25) is 0 Å². The standard InChI is InChI=1S/C8H6F3IS/c1-5-2-3-6(12)7(4-5)13-8(9,10)11/h2-4H,1H3. The Morgan fingerprint density at radius 1 is 1.31 bits per heavy atom. The quantitative estimate of drug-likeness (QED) is 0.552. The van der Waals surface area contributed by atoms with Crippen molar-refractivity contribution < 1.29 is 13.2 Å². The molecule has 0 fully saturated rings. The summed E-state index contributed by atoms with van der Waals surface area (Å²) in [7, 11) is 0. The average molecular weight is 318 g/mol. The molecule has 0 saturated heterocycles. The summed E-state index contributed by atoms with van der Waals surface area (Å²) in [6, 6.07) is 5.02. The van der Waals surface area contributed by atoms with Crippen molar-refractivity contribution >= 4 is 34.4 Å². The van der Waals surface area contributed by atoms with E-state index >= 15 is 0 Å². The Morgan fingerprint density at radius 2 is 1.92 bits per heavy atom. The lowest BCUT2D eigenvalue weighted by Crippen LogP contribution is -2.00. The van der Waals surface area contributed by atoms with Crippen LogP contribution < -0.4 is 0 Å². The van der Waals surface area contributed by atoms with Crippen LogP contribution in [0.3, 0.4) is 0 Å². The molecule has 0 saturated carbocycles. The average Bonchev–Trinajstić information content (AvgIpc) is 1.94. The van der Waals surface area contributed by atoms with Gasteiger partial charge in [-0.1, -0.05) is 6.07 Å². The SMILES string of the molecule is Cc1ccc(I)c(SC(F)(F)F)c1. The van der Waals surface area contributed by atoms with E-state index in [0.717, 1.165) is 5.56 Å². The Hall–Kier alpha value is 0.0900. The largest absolute Gasteiger partial charge is 0.446 e. The topological polar surface area (TPSA) is 0 Å². The van der Waals surface area contributed by atoms with Crippen molar-refractivity contribution in [3.8, 4) is 0 Å². The second-order valence-corrected chi connectivity index (χ2v) is 4.75. The van der Waals surface area contributed by atoms with Crippen LogP contribution in [-0.4, -0.2) is 5.51 Å². The number of halogens is 4. The molecule has 0 radical (unpaired) electrons. The molecule has 5 heteroatoms. The van der Waals surface area contributed by atoms with Gasteiger partial charge in [0, 0.05) is 8.47 Å². The summed E-state index contributed by atoms with van der Waals surface area (Å²) in [4.78, 5) is 0.271. The van der Waals surface area contributed by atoms with Gasteiger partial charge in [-0.25, -0.2) is 0 Å². The molecule has 1 rings (SSSR count). The summed E-state index contributed by atoms with van der Waals surface area (Å²) in [5.74, 6) is 0. The maximum Gasteiger partial charge on any atom is 0.446 e. The highest BCUT2D eigenvalue weighted by Crippen LogP contribution is 2.39. The molecule has 13 heavy (non-hydrogen) atoms. The van der Waals surface area contributed by atoms with E-state index in [1.54, 1.807) is 25.1 Å². The lowest BCUT2D eigenvalue weighted by molar-refractivity contribution is -0.0328. The van der Waals surface area contributed by atoms with E-state index in [1.807, 2.05) is 22.6 Å². The molecule has 0 aliphatic carbocycles. The Morgan fingerprint density at radius 3 is 2.46 bits per heavy atom. The third kappa shape index (κ3) is 3.76. The predicted molar refractivity (Wildman–Crippen MR) is 55.8 cm³/mol. The normalized spacial score (nSPS) is 11.8. The van der Waals surface area contributed by atoms with E-state index in [1.165, 1.54) is 0 Å². The first-order valence-corrected chi connectivity index (χ1v) is 5.30. The van der Waals surface area contributed by atoms with Crippen molar-refractivity contribution in [2.75, 3.05) is 0 Å². The van der Waals surface area contributed by atoms with Crippen LogP contribution in [0, 0.1) is 10.5 Å². The van der Waals surface area contributed by atoms with E-state index in [4.69, 9.17) is 0 Å². The van der Waals surface area contributed by atoms with Crippen LogP contribution in [0.5, 0.6) is 0 Å². The lowest BCUT2D eigenvalue weighted by atomic mass is 10.2. The monoisotopic (exact) mass is 318 g/mol. The molecule has 1 aromatic carbocycles. The number of aryl methyl sites for hydroxylation is 1. The lowest BCUT2D eigenvalue weighted by Gasteiger charge is -2.07. The number of alkyl halides is 3. The summed E-state index contributed by atoms with van der Waals surface area (Å²) in [6.45, 7) is 1.77. The van der Waals surface area contributed by atoms with E-state index in [-0.39, 0.29) is 16.7 Å². The number of thioether (sulfide) groups is 1. The van der Waals surface area contributed by atoms with Crippen LogP contribution in [-0.2, 0) is 0 Å². The minimum absolute atomic E-state index is 0.0660. The van der Waals surface area contributed by atoms with Crippen molar-refractivity contribution in [3.05, 3.63) is 27.3 Å². The highest BCUT2D eigenvalue weighted by molar-refractivity contribution is 14.1. The zero-order chi connectivity index (χ0) is 10.1. The highest BCUT2D eigenvalue weighted by atomic mass is 127. The molecular formula is C8H6F3IS. The fraction of sp³-hybridized carbons (Fsp3) is 0.250. The van der Waals surface area contributed by atoms with Crippen LogP contribution in [0.2, 0.25) is 0 Å². The van der Waals surface area contributed by atoms with Crippen molar-refractivity contribution in [2.45, 2.75) is 17.3 Å². The van der Waals surface area contributed by atoms with Gasteiger partial charge in [0.15, 0.2) is 0 Å². The summed E-state index contributed by atoms with van der Waals surface area (Å²) in [5, 5.41) is 0. The first-order chi connectivity index (χ1) is 5.88. The number of hydrogen-bond donors (Lipinski definition) is 0. The van der Waals surface area contributed by atoms with Crippen molar-refractivity contribution in [3.63, 3.8) is 0 Å². The number of rotatable bonds is 1. The van der Waals surface area contributed by atoms with Gasteiger partial charge in [0.1, 0.15) is 0 Å². The van der Waals surface area contributed by atoms with E-state index in [0.29, 0.717) is 3.57 Å². The number of hydrogen-bond acceptors (Lipinski definition) is 1. The second kappa shape index (κ2) is 4.08. The third-order valence-corrected chi connectivity index (χ3v) is 3.41. The van der Waals surface area contributed by atoms with Gasteiger partial charge in [0.25, 0.3) is 0 Å². The zero-order valence-electron chi connectivity index (χ0n) is 6.65. The minimum atomic E-state index is -4.20. The molecule has 1 aromatic rings. The van der Waals surface area contributed by atoms with Crippen LogP contribution in [0.4, 0.5) is 13.2 Å². The van der Waals surface area contributed by atoms with Crippen molar-refractivity contribution in [1.82, 2.24) is 0 Å². The van der Waals surface area contributed by atoms with Crippen molar-refractivity contribution in [1.29, 1.82) is 0 Å². The fourth-order valence-electron chi connectivity index (χ4n) is 0.813. The Kier molecular flexibility index (Phi) is 3.50. The molecule has 0 nitrogen and oxygen atoms in total. The molecule has 0 N–H and O–H groups in total. The van der Waals surface area contributed by atoms with Crippen LogP contribution in [0.1, 0.15) is 5.56 Å². The second-order valence-electron chi connectivity index (χ2n) is 2.48. The summed E-state index contributed by atoms with van der Waals surface area (Å²) >= 11 is 1.83. The molecule has 0 bridgehead atoms. The maximum atomic E-state index is 12.0. The Labute approximate surface area is 92.0 Å². The van der Waals surface area contributed by atoms with Crippen LogP contribution in [0.15, 0.2) is 23.1 Å². The van der Waals surface area contributed by atoms with E-state index in [9.17, 15) is 13.2 Å². The third-order valence-electron chi connectivity index (χ3n) is 1.31. The smallest absolute Gasteiger partial charge is 0.160 e. The summed E-state index contributed by atoms with van der Waals surface area (Å²) in [5.41, 5.74) is -3.36. The van der Waals surface area contributed by atoms with Gasteiger partial charge in [0.05, 0.1) is 0 Å². The van der Waals surface area contributed by atoms with Gasteiger partial charge in [-0.15, -0.1) is 0 Å². The number of benzene rings is 1. The molecule has 0 heterocycles. The van der Waals surface area contributed by atoms with Gasteiger partial charge < -0.3 is 0 Å². The minimum Gasteiger partial charge on any atom is -0.160 e. The van der Waals surface area contributed by atoms with Gasteiger partial charge in [0.2, 0.25) is 0 Å². The maximum absolute atomic E-state index is 12.0. The first kappa shape index (κ1) is 11.2. The molecule has 0 spiro atoms. The first-order valence-electron chi connectivity index (χ1n) is 3.40. The molecule has 72 valence electrons. The zero-order valence-corrected chi connectivity index (χ0v) is 9.63. The highest BCUT2D eigenvalue weighted by Gasteiger charge is 2.30. The van der Waals surface area contributed by atoms with Crippen molar-refractivity contribution in [2.24, 2.45) is 0 Å². The molecule has 0 amide bonds. The summed E-state index contributed by atoms with van der Waals surface area (Å²) in [6.07, 6.45) is 0. The molecule has 0 aliphatic heterocycles. The predicted octanol–water partition coefficient (Wildman–Crippen LogP) is 4.21. The van der Waals surface area contributed by atoms with Gasteiger partial charge >= 0.3 is 5.51 Å². The van der Waals surface area contributed by atoms with Crippen LogP contribution in [0.25, 0.3) is 0 Å². The molecule has 0 aliphatic rings.